The molecule has 1 unspecified atom stereocenters. The van der Waals surface area contributed by atoms with Crippen LogP contribution in [0.1, 0.15) is 21.9 Å². The highest BCUT2D eigenvalue weighted by Gasteiger charge is 2.23. The normalized spacial score (nSPS) is 23.1. The summed E-state index contributed by atoms with van der Waals surface area (Å²) in [5.41, 5.74) is 4.41. The molecule has 0 N–H and O–H groups in total. The van der Waals surface area contributed by atoms with Crippen molar-refractivity contribution in [1.29, 1.82) is 0 Å². The maximum atomic E-state index is 4.38. The minimum atomic E-state index is 0.210. The Hall–Kier alpha value is -1.34. The summed E-state index contributed by atoms with van der Waals surface area (Å²) in [7, 11) is 0.210. The topological polar surface area (TPSA) is 0 Å². The molecule has 0 aromatic heterocycles. The Morgan fingerprint density at radius 2 is 1.65 bits per heavy atom. The van der Waals surface area contributed by atoms with Gasteiger partial charge in [0.2, 0.25) is 0 Å². The lowest BCUT2D eigenvalue weighted by atomic mass is 9.97. The van der Waals surface area contributed by atoms with E-state index in [9.17, 15) is 0 Å². The third-order valence-electron chi connectivity index (χ3n) is 3.41. The maximum absolute atomic E-state index is 4.38. The van der Waals surface area contributed by atoms with E-state index in [0.717, 1.165) is 0 Å². The molecule has 17 heavy (non-hydrogen) atoms. The molecule has 0 saturated heterocycles. The smallest absolute Gasteiger partial charge is 0.0494 e. The average Bonchev–Trinajstić information content (AvgIpc) is 2.39. The standard InChI is InChI=1S/C16H16S/c1-17-12-11-13-7-5-6-10-15(13)16(17)14-8-3-2-4-9-14/h2-10,16H,1,11-12H2/t16-,17?/m1/s1. The van der Waals surface area contributed by atoms with Crippen LogP contribution in [0.4, 0.5) is 0 Å². The van der Waals surface area contributed by atoms with E-state index < -0.39 is 0 Å². The molecule has 0 amide bonds. The number of benzene rings is 2. The Morgan fingerprint density at radius 3 is 2.47 bits per heavy atom. The Bertz CT molecular complexity index is 542. The number of aryl methyl sites for hydroxylation is 1. The van der Waals surface area contributed by atoms with Crippen molar-refractivity contribution in [3.05, 3.63) is 71.3 Å². The number of fused-ring (bicyclic) bond motifs is 1. The summed E-state index contributed by atoms with van der Waals surface area (Å²) < 4.78 is 0. The van der Waals surface area contributed by atoms with Gasteiger partial charge in [-0.3, -0.25) is 0 Å². The van der Waals surface area contributed by atoms with Gasteiger partial charge in [-0.1, -0.05) is 60.5 Å². The molecular formula is C16H16S. The van der Waals surface area contributed by atoms with Gasteiger partial charge in [-0.2, -0.15) is 10.5 Å². The highest BCUT2D eigenvalue weighted by atomic mass is 32.2. The van der Waals surface area contributed by atoms with Gasteiger partial charge in [0, 0.05) is 5.25 Å². The number of rotatable bonds is 1. The van der Waals surface area contributed by atoms with Crippen molar-refractivity contribution in [3.63, 3.8) is 0 Å². The van der Waals surface area contributed by atoms with E-state index in [1.165, 1.54) is 28.9 Å². The SMILES string of the molecule is C=S1CCc2ccccc2[C@H]1c1ccccc1. The predicted molar refractivity (Wildman–Crippen MR) is 78.0 cm³/mol. The van der Waals surface area contributed by atoms with Crippen molar-refractivity contribution in [2.45, 2.75) is 11.7 Å². The Labute approximate surface area is 105 Å². The van der Waals surface area contributed by atoms with Gasteiger partial charge in [-0.25, -0.2) is 0 Å². The van der Waals surface area contributed by atoms with Gasteiger partial charge in [0.15, 0.2) is 0 Å². The van der Waals surface area contributed by atoms with Crippen LogP contribution in [0.15, 0.2) is 54.6 Å². The molecule has 1 aliphatic rings. The van der Waals surface area contributed by atoms with E-state index in [4.69, 9.17) is 0 Å². The Balaban J connectivity index is 2.13. The molecule has 0 fully saturated rings. The predicted octanol–water partition coefficient (Wildman–Crippen LogP) is 4.03. The molecule has 0 aliphatic carbocycles. The lowest BCUT2D eigenvalue weighted by molar-refractivity contribution is 1.01. The first-order valence-electron chi connectivity index (χ1n) is 5.98. The third kappa shape index (κ3) is 1.96. The average molecular weight is 240 g/mol. The van der Waals surface area contributed by atoms with Crippen molar-refractivity contribution in [3.8, 4) is 0 Å². The minimum Gasteiger partial charge on any atom is -0.181 e. The summed E-state index contributed by atoms with van der Waals surface area (Å²) >= 11 is 0. The first kappa shape index (κ1) is 10.8. The van der Waals surface area contributed by atoms with Crippen molar-refractivity contribution in [2.24, 2.45) is 0 Å². The zero-order valence-electron chi connectivity index (χ0n) is 9.80. The molecule has 2 aromatic carbocycles. The fourth-order valence-electron chi connectivity index (χ4n) is 2.56. The molecule has 1 aliphatic heterocycles. The van der Waals surface area contributed by atoms with Crippen molar-refractivity contribution in [1.82, 2.24) is 0 Å². The first-order chi connectivity index (χ1) is 8.36. The summed E-state index contributed by atoms with van der Waals surface area (Å²) in [5.74, 6) is 5.60. The highest BCUT2D eigenvalue weighted by molar-refractivity contribution is 8.14. The monoisotopic (exact) mass is 240 g/mol. The molecule has 3 rings (SSSR count). The molecule has 0 saturated carbocycles. The zero-order valence-corrected chi connectivity index (χ0v) is 10.6. The van der Waals surface area contributed by atoms with E-state index >= 15 is 0 Å². The number of hydrogen-bond acceptors (Lipinski definition) is 0. The van der Waals surface area contributed by atoms with Crippen LogP contribution in [-0.4, -0.2) is 11.6 Å². The third-order valence-corrected chi connectivity index (χ3v) is 5.33. The first-order valence-corrected chi connectivity index (χ1v) is 7.61. The quantitative estimate of drug-likeness (QED) is 0.660. The van der Waals surface area contributed by atoms with Gasteiger partial charge in [0.25, 0.3) is 0 Å². The van der Waals surface area contributed by atoms with Crippen LogP contribution in [0.25, 0.3) is 0 Å². The van der Waals surface area contributed by atoms with Crippen LogP contribution in [0.2, 0.25) is 0 Å². The molecule has 1 heterocycles. The molecule has 1 heteroatoms. The second-order valence-corrected chi connectivity index (χ2v) is 6.44. The van der Waals surface area contributed by atoms with Gasteiger partial charge in [0.05, 0.1) is 0 Å². The van der Waals surface area contributed by atoms with Crippen LogP contribution < -0.4 is 0 Å². The molecule has 2 atom stereocenters. The lowest BCUT2D eigenvalue weighted by Gasteiger charge is -2.29. The second-order valence-electron chi connectivity index (χ2n) is 4.48. The zero-order chi connectivity index (χ0) is 11.7. The molecular weight excluding hydrogens is 224 g/mol. The summed E-state index contributed by atoms with van der Waals surface area (Å²) in [6, 6.07) is 19.6. The molecule has 0 radical (unpaired) electrons. The Kier molecular flexibility index (Phi) is 2.86. The fourth-order valence-corrected chi connectivity index (χ4v) is 4.40. The second kappa shape index (κ2) is 4.50. The van der Waals surface area contributed by atoms with Crippen LogP contribution >= 0.6 is 10.5 Å². The van der Waals surface area contributed by atoms with E-state index in [0.29, 0.717) is 5.25 Å². The largest absolute Gasteiger partial charge is 0.181 e. The Morgan fingerprint density at radius 1 is 0.941 bits per heavy atom. The van der Waals surface area contributed by atoms with Crippen LogP contribution in [-0.2, 0) is 6.42 Å². The van der Waals surface area contributed by atoms with Gasteiger partial charge in [-0.15, -0.1) is 0 Å². The molecule has 0 bridgehead atoms. The van der Waals surface area contributed by atoms with Crippen molar-refractivity contribution < 1.29 is 0 Å². The maximum Gasteiger partial charge on any atom is 0.0494 e. The summed E-state index contributed by atoms with van der Waals surface area (Å²) in [5, 5.41) is 0.501. The highest BCUT2D eigenvalue weighted by Crippen LogP contribution is 2.44. The van der Waals surface area contributed by atoms with E-state index in [2.05, 4.69) is 60.5 Å². The molecule has 2 aromatic rings. The summed E-state index contributed by atoms with van der Waals surface area (Å²) in [6.45, 7) is 0. The van der Waals surface area contributed by atoms with Gasteiger partial charge >= 0.3 is 0 Å². The van der Waals surface area contributed by atoms with Crippen molar-refractivity contribution in [2.75, 3.05) is 5.75 Å². The fraction of sp³-hybridized carbons (Fsp3) is 0.188. The van der Waals surface area contributed by atoms with E-state index in [1.54, 1.807) is 0 Å². The van der Waals surface area contributed by atoms with E-state index in [1.807, 2.05) is 0 Å². The molecule has 86 valence electrons. The molecule has 0 nitrogen and oxygen atoms in total. The molecule has 0 spiro atoms. The number of hydrogen-bond donors (Lipinski definition) is 0. The van der Waals surface area contributed by atoms with Crippen LogP contribution in [0.5, 0.6) is 0 Å². The van der Waals surface area contributed by atoms with Gasteiger partial charge in [-0.05, 0) is 28.9 Å². The minimum absolute atomic E-state index is 0.210. The van der Waals surface area contributed by atoms with Crippen LogP contribution in [0, 0.1) is 0 Å². The van der Waals surface area contributed by atoms with E-state index in [-0.39, 0.29) is 10.5 Å². The van der Waals surface area contributed by atoms with Gasteiger partial charge in [0.1, 0.15) is 0 Å². The van der Waals surface area contributed by atoms with Crippen LogP contribution in [0.3, 0.4) is 0 Å². The summed E-state index contributed by atoms with van der Waals surface area (Å²) in [4.78, 5) is 0. The van der Waals surface area contributed by atoms with Crippen molar-refractivity contribution >= 4 is 16.4 Å². The van der Waals surface area contributed by atoms with Gasteiger partial charge < -0.3 is 0 Å². The summed E-state index contributed by atoms with van der Waals surface area (Å²) in [6.07, 6.45) is 1.19. The lowest BCUT2D eigenvalue weighted by Crippen LogP contribution is -2.11.